The molecule has 5 nitrogen and oxygen atoms in total. The van der Waals surface area contributed by atoms with Crippen molar-refractivity contribution in [1.29, 1.82) is 0 Å². The van der Waals surface area contributed by atoms with Crippen molar-refractivity contribution in [1.82, 2.24) is 0 Å². The molecule has 3 N–H and O–H groups in total. The molecule has 0 amide bonds. The number of ketones is 1. The van der Waals surface area contributed by atoms with E-state index in [1.165, 1.54) is 0 Å². The number of Topliss-reactive ketones (excluding diaryl/α,β-unsaturated/α-hetero) is 1. The van der Waals surface area contributed by atoms with E-state index in [4.69, 9.17) is 4.74 Å². The zero-order valence-electron chi connectivity index (χ0n) is 19.3. The van der Waals surface area contributed by atoms with Crippen LogP contribution in [0.4, 0.5) is 0 Å². The van der Waals surface area contributed by atoms with Crippen LogP contribution in [0.25, 0.3) is 0 Å². The standard InChI is InChI=1S/C27H34O5/c1-15-12-26-16(2)10-20-21(25(20,3)4)19(23(26)30)11-18(13-28)22(29)27(26,31)24(15)32-14-17-8-6-5-7-9-17/h5-9,11-12,16,19-22,24,28-29,31H,10,13-14H2,1-4H3/t16-,19+,20-,21+,22-,24+,26+,27+/m1/s1. The third-order valence-electron chi connectivity index (χ3n) is 9.16. The number of aliphatic hydroxyl groups excluding tert-OH is 2. The van der Waals surface area contributed by atoms with Crippen molar-refractivity contribution < 1.29 is 24.9 Å². The Labute approximate surface area is 189 Å². The molecule has 1 spiro atoms. The molecule has 2 fully saturated rings. The lowest BCUT2D eigenvalue weighted by Crippen LogP contribution is -2.65. The number of carbonyl (C=O) groups is 1. The van der Waals surface area contributed by atoms with Crippen LogP contribution in [0.3, 0.4) is 0 Å². The maximum absolute atomic E-state index is 14.3. The van der Waals surface area contributed by atoms with Gasteiger partial charge in [-0.1, -0.05) is 63.3 Å². The normalized spacial score (nSPS) is 44.0. The molecule has 32 heavy (non-hydrogen) atoms. The molecule has 0 aliphatic heterocycles. The lowest BCUT2D eigenvalue weighted by molar-refractivity contribution is -0.201. The fourth-order valence-corrected chi connectivity index (χ4v) is 7.42. The third-order valence-corrected chi connectivity index (χ3v) is 9.16. The van der Waals surface area contributed by atoms with Crippen LogP contribution in [0.2, 0.25) is 0 Å². The minimum atomic E-state index is -1.87. The smallest absolute Gasteiger partial charge is 0.153 e. The number of fused-ring (bicyclic) bond motifs is 3. The Balaban J connectivity index is 1.62. The van der Waals surface area contributed by atoms with E-state index in [9.17, 15) is 20.1 Å². The Kier molecular flexibility index (Phi) is 4.89. The molecule has 1 aromatic carbocycles. The van der Waals surface area contributed by atoms with Gasteiger partial charge in [0.2, 0.25) is 0 Å². The summed E-state index contributed by atoms with van der Waals surface area (Å²) >= 11 is 0. The van der Waals surface area contributed by atoms with Crippen LogP contribution in [-0.4, -0.2) is 45.5 Å². The number of hydrogen-bond donors (Lipinski definition) is 3. The summed E-state index contributed by atoms with van der Waals surface area (Å²) in [6, 6.07) is 9.67. The molecule has 0 heterocycles. The Hall–Kier alpha value is -1.79. The lowest BCUT2D eigenvalue weighted by atomic mass is 9.59. The number of allylic oxidation sites excluding steroid dienone is 1. The van der Waals surface area contributed by atoms with Crippen LogP contribution < -0.4 is 0 Å². The largest absolute Gasteiger partial charge is 0.392 e. The first-order chi connectivity index (χ1) is 15.1. The van der Waals surface area contributed by atoms with E-state index in [1.807, 2.05) is 50.3 Å². The van der Waals surface area contributed by atoms with E-state index >= 15 is 0 Å². The summed E-state index contributed by atoms with van der Waals surface area (Å²) < 4.78 is 6.26. The highest BCUT2D eigenvalue weighted by molar-refractivity contribution is 5.95. The quantitative estimate of drug-likeness (QED) is 0.629. The molecule has 2 bridgehead atoms. The maximum Gasteiger partial charge on any atom is 0.153 e. The molecular formula is C27H34O5. The first kappa shape index (κ1) is 22.0. The van der Waals surface area contributed by atoms with Crippen molar-refractivity contribution >= 4 is 5.78 Å². The average Bonchev–Trinajstić information content (AvgIpc) is 3.24. The average molecular weight is 439 g/mol. The van der Waals surface area contributed by atoms with Crippen LogP contribution in [-0.2, 0) is 16.1 Å². The van der Waals surface area contributed by atoms with Gasteiger partial charge in [-0.3, -0.25) is 4.79 Å². The van der Waals surface area contributed by atoms with Crippen LogP contribution in [0.1, 0.15) is 39.7 Å². The van der Waals surface area contributed by atoms with E-state index in [0.29, 0.717) is 11.5 Å². The first-order valence-electron chi connectivity index (χ1n) is 11.7. The highest BCUT2D eigenvalue weighted by Gasteiger charge is 2.75. The van der Waals surface area contributed by atoms with Crippen molar-refractivity contribution in [2.75, 3.05) is 6.61 Å². The molecule has 8 atom stereocenters. The van der Waals surface area contributed by atoms with E-state index in [0.717, 1.165) is 17.6 Å². The van der Waals surface area contributed by atoms with Gasteiger partial charge in [0.15, 0.2) is 5.78 Å². The van der Waals surface area contributed by atoms with Crippen LogP contribution >= 0.6 is 0 Å². The zero-order valence-corrected chi connectivity index (χ0v) is 19.3. The highest BCUT2D eigenvalue weighted by atomic mass is 16.5. The molecule has 4 aliphatic rings. The third kappa shape index (κ3) is 2.62. The van der Waals surface area contributed by atoms with Crippen LogP contribution in [0.5, 0.6) is 0 Å². The van der Waals surface area contributed by atoms with Gasteiger partial charge in [-0.25, -0.2) is 0 Å². The Morgan fingerprint density at radius 2 is 1.88 bits per heavy atom. The predicted octanol–water partition coefficient (Wildman–Crippen LogP) is 3.04. The Bertz CT molecular complexity index is 995. The zero-order chi connectivity index (χ0) is 23.1. The van der Waals surface area contributed by atoms with Gasteiger partial charge in [-0.15, -0.1) is 0 Å². The van der Waals surface area contributed by atoms with Gasteiger partial charge in [0.1, 0.15) is 17.8 Å². The van der Waals surface area contributed by atoms with E-state index in [2.05, 4.69) is 13.8 Å². The predicted molar refractivity (Wildman–Crippen MR) is 120 cm³/mol. The molecular weight excluding hydrogens is 404 g/mol. The fourth-order valence-electron chi connectivity index (χ4n) is 7.42. The Morgan fingerprint density at radius 3 is 2.53 bits per heavy atom. The van der Waals surface area contributed by atoms with Gasteiger partial charge >= 0.3 is 0 Å². The fraction of sp³-hybridized carbons (Fsp3) is 0.593. The van der Waals surface area contributed by atoms with Gasteiger partial charge in [-0.2, -0.15) is 0 Å². The summed E-state index contributed by atoms with van der Waals surface area (Å²) in [7, 11) is 0. The molecule has 0 radical (unpaired) electrons. The van der Waals surface area contributed by atoms with Gasteiger partial charge in [0.25, 0.3) is 0 Å². The van der Waals surface area contributed by atoms with Gasteiger partial charge in [0, 0.05) is 5.92 Å². The molecule has 4 aliphatic carbocycles. The number of rotatable bonds is 4. The SMILES string of the molecule is CC1=C[C@]23C(=O)[C@@H](C=C(CO)[C@@H](O)[C@]2(O)[C@H]1OCc1ccccc1)[C@H]1[C@@H](C[C@H]3C)C1(C)C. The second-order valence-electron chi connectivity index (χ2n) is 11.0. The lowest BCUT2D eigenvalue weighted by Gasteiger charge is -2.49. The van der Waals surface area contributed by atoms with Crippen molar-refractivity contribution in [2.45, 2.75) is 58.5 Å². The molecule has 1 aromatic rings. The molecule has 0 aromatic heterocycles. The van der Waals surface area contributed by atoms with E-state index in [-0.39, 0.29) is 29.6 Å². The monoisotopic (exact) mass is 438 g/mol. The first-order valence-corrected chi connectivity index (χ1v) is 11.7. The molecule has 5 heteroatoms. The van der Waals surface area contributed by atoms with Crippen molar-refractivity contribution in [2.24, 2.45) is 34.5 Å². The summed E-state index contributed by atoms with van der Waals surface area (Å²) in [5.74, 6) is -0.105. The second kappa shape index (κ2) is 7.10. The summed E-state index contributed by atoms with van der Waals surface area (Å²) in [5.41, 5.74) is -1.06. The summed E-state index contributed by atoms with van der Waals surface area (Å²) in [6.45, 7) is 8.14. The van der Waals surface area contributed by atoms with Gasteiger partial charge in [-0.05, 0) is 53.2 Å². The number of aliphatic hydroxyl groups is 3. The van der Waals surface area contributed by atoms with Gasteiger partial charge in [0.05, 0.1) is 18.6 Å². The maximum atomic E-state index is 14.3. The van der Waals surface area contributed by atoms with Crippen LogP contribution in [0.15, 0.2) is 53.6 Å². The minimum absolute atomic E-state index is 0.0290. The molecule has 172 valence electrons. The van der Waals surface area contributed by atoms with Crippen molar-refractivity contribution in [3.05, 3.63) is 59.2 Å². The highest BCUT2D eigenvalue weighted by Crippen LogP contribution is 2.71. The van der Waals surface area contributed by atoms with E-state index in [1.54, 1.807) is 6.08 Å². The summed E-state index contributed by atoms with van der Waals surface area (Å²) in [4.78, 5) is 14.3. The molecule has 0 unspecified atom stereocenters. The molecule has 2 saturated carbocycles. The van der Waals surface area contributed by atoms with Crippen molar-refractivity contribution in [3.8, 4) is 0 Å². The Morgan fingerprint density at radius 1 is 1.19 bits per heavy atom. The number of ether oxygens (including phenoxy) is 1. The summed E-state index contributed by atoms with van der Waals surface area (Å²) in [6.07, 6.45) is 2.22. The van der Waals surface area contributed by atoms with E-state index < -0.39 is 35.7 Å². The summed E-state index contributed by atoms with van der Waals surface area (Å²) in [5, 5.41) is 34.0. The second-order valence-corrected chi connectivity index (χ2v) is 11.0. The number of benzene rings is 1. The minimum Gasteiger partial charge on any atom is -0.392 e. The van der Waals surface area contributed by atoms with Gasteiger partial charge < -0.3 is 20.1 Å². The molecule has 5 rings (SSSR count). The topological polar surface area (TPSA) is 87.0 Å². The number of carbonyl (C=O) groups excluding carboxylic acids is 1. The molecule has 0 saturated heterocycles. The van der Waals surface area contributed by atoms with Crippen LogP contribution in [0, 0.1) is 34.5 Å². The number of hydrogen-bond acceptors (Lipinski definition) is 5. The van der Waals surface area contributed by atoms with Crippen molar-refractivity contribution in [3.63, 3.8) is 0 Å².